The number of hydrogen-bond donors (Lipinski definition) is 1. The number of hydrogen-bond acceptors (Lipinski definition) is 4. The molecule has 1 saturated carbocycles. The molecular weight excluding hydrogens is 356 g/mol. The summed E-state index contributed by atoms with van der Waals surface area (Å²) in [4.78, 5) is 38.4. The highest BCUT2D eigenvalue weighted by molar-refractivity contribution is 6.05. The Morgan fingerprint density at radius 3 is 2.71 bits per heavy atom. The zero-order chi connectivity index (χ0) is 19.9. The van der Waals surface area contributed by atoms with Gasteiger partial charge in [0.15, 0.2) is 6.61 Å². The van der Waals surface area contributed by atoms with E-state index in [2.05, 4.69) is 5.32 Å². The van der Waals surface area contributed by atoms with Crippen LogP contribution in [0.4, 0.5) is 11.4 Å². The second-order valence-electron chi connectivity index (χ2n) is 7.94. The van der Waals surface area contributed by atoms with E-state index < -0.39 is 0 Å². The van der Waals surface area contributed by atoms with E-state index in [1.807, 2.05) is 19.1 Å². The van der Waals surface area contributed by atoms with Crippen LogP contribution in [0.2, 0.25) is 0 Å². The Morgan fingerprint density at radius 2 is 1.93 bits per heavy atom. The molecule has 0 aromatic heterocycles. The molecule has 0 unspecified atom stereocenters. The number of amides is 2. The van der Waals surface area contributed by atoms with Crippen molar-refractivity contribution in [3.63, 3.8) is 0 Å². The number of benzene rings is 1. The van der Waals surface area contributed by atoms with E-state index in [1.165, 1.54) is 32.1 Å². The highest BCUT2D eigenvalue weighted by Crippen LogP contribution is 2.31. The van der Waals surface area contributed by atoms with Crippen molar-refractivity contribution in [1.82, 2.24) is 0 Å². The van der Waals surface area contributed by atoms with Crippen LogP contribution in [-0.4, -0.2) is 30.4 Å². The third-order valence-electron chi connectivity index (χ3n) is 5.70. The van der Waals surface area contributed by atoms with Gasteiger partial charge in [-0.2, -0.15) is 0 Å². The monoisotopic (exact) mass is 386 g/mol. The lowest BCUT2D eigenvalue weighted by Gasteiger charge is -2.27. The molecule has 1 N–H and O–H groups in total. The molecule has 6 heteroatoms. The number of carbonyl (C=O) groups excluding carboxylic acids is 3. The first-order valence-corrected chi connectivity index (χ1v) is 10.4. The van der Waals surface area contributed by atoms with Crippen molar-refractivity contribution in [3.05, 3.63) is 24.3 Å². The van der Waals surface area contributed by atoms with Crippen LogP contribution in [0, 0.1) is 5.92 Å². The SMILES string of the molecule is C[C@@H]1CC(=O)Nc2ccccc2N1C(=O)COC(=O)CCCC1CCCCC1. The lowest BCUT2D eigenvalue weighted by atomic mass is 9.86. The second kappa shape index (κ2) is 9.71. The maximum atomic E-state index is 12.8. The lowest BCUT2D eigenvalue weighted by Crippen LogP contribution is -2.41. The van der Waals surface area contributed by atoms with Crippen LogP contribution in [0.1, 0.15) is 64.7 Å². The first kappa shape index (κ1) is 20.4. The molecule has 1 atom stereocenters. The summed E-state index contributed by atoms with van der Waals surface area (Å²) in [5.74, 6) is -0.0242. The minimum absolute atomic E-state index is 0.130. The van der Waals surface area contributed by atoms with Crippen molar-refractivity contribution < 1.29 is 19.1 Å². The number of nitrogens with zero attached hydrogens (tertiary/aromatic N) is 1. The topological polar surface area (TPSA) is 75.7 Å². The van der Waals surface area contributed by atoms with E-state index in [-0.39, 0.29) is 36.9 Å². The normalized spacial score (nSPS) is 20.1. The molecule has 1 aliphatic carbocycles. The average molecular weight is 386 g/mol. The third-order valence-corrected chi connectivity index (χ3v) is 5.70. The van der Waals surface area contributed by atoms with Gasteiger partial charge in [0.1, 0.15) is 0 Å². The maximum Gasteiger partial charge on any atom is 0.306 e. The molecule has 3 rings (SSSR count). The molecule has 2 aliphatic rings. The Bertz CT molecular complexity index is 712. The Balaban J connectivity index is 1.50. The van der Waals surface area contributed by atoms with E-state index in [1.54, 1.807) is 17.0 Å². The van der Waals surface area contributed by atoms with Crippen LogP contribution < -0.4 is 10.2 Å². The first-order chi connectivity index (χ1) is 13.5. The van der Waals surface area contributed by atoms with Crippen molar-refractivity contribution in [2.24, 2.45) is 5.92 Å². The quantitative estimate of drug-likeness (QED) is 0.749. The molecule has 1 aromatic carbocycles. The summed E-state index contributed by atoms with van der Waals surface area (Å²) in [6, 6.07) is 6.88. The van der Waals surface area contributed by atoms with Crippen LogP contribution >= 0.6 is 0 Å². The molecular formula is C22H30N2O4. The van der Waals surface area contributed by atoms with Crippen molar-refractivity contribution >= 4 is 29.2 Å². The fourth-order valence-corrected chi connectivity index (χ4v) is 4.26. The van der Waals surface area contributed by atoms with Gasteiger partial charge < -0.3 is 15.0 Å². The minimum Gasteiger partial charge on any atom is -0.456 e. The van der Waals surface area contributed by atoms with Gasteiger partial charge in [0.2, 0.25) is 5.91 Å². The Labute approximate surface area is 166 Å². The molecule has 28 heavy (non-hydrogen) atoms. The molecule has 6 nitrogen and oxygen atoms in total. The summed E-state index contributed by atoms with van der Waals surface area (Å²) in [6.45, 7) is 1.53. The van der Waals surface area contributed by atoms with Gasteiger partial charge in [-0.25, -0.2) is 0 Å². The van der Waals surface area contributed by atoms with E-state index >= 15 is 0 Å². The van der Waals surface area contributed by atoms with Gasteiger partial charge >= 0.3 is 5.97 Å². The molecule has 2 amide bonds. The van der Waals surface area contributed by atoms with E-state index in [0.717, 1.165) is 18.8 Å². The van der Waals surface area contributed by atoms with E-state index in [4.69, 9.17) is 4.74 Å². The molecule has 0 saturated heterocycles. The summed E-state index contributed by atoms with van der Waals surface area (Å²) in [6.07, 6.45) is 8.92. The average Bonchev–Trinajstić information content (AvgIpc) is 2.81. The summed E-state index contributed by atoms with van der Waals surface area (Å²) >= 11 is 0. The van der Waals surface area contributed by atoms with Crippen LogP contribution in [0.25, 0.3) is 0 Å². The molecule has 152 valence electrons. The van der Waals surface area contributed by atoms with Gasteiger partial charge in [0.25, 0.3) is 5.91 Å². The molecule has 0 spiro atoms. The fraction of sp³-hybridized carbons (Fsp3) is 0.591. The van der Waals surface area contributed by atoms with Gasteiger partial charge in [-0.3, -0.25) is 14.4 Å². The fourth-order valence-electron chi connectivity index (χ4n) is 4.26. The van der Waals surface area contributed by atoms with Crippen molar-refractivity contribution in [1.29, 1.82) is 0 Å². The van der Waals surface area contributed by atoms with Crippen LogP contribution in [0.5, 0.6) is 0 Å². The number of para-hydroxylation sites is 2. The van der Waals surface area contributed by atoms with Gasteiger partial charge in [0, 0.05) is 18.9 Å². The number of ether oxygens (including phenoxy) is 1. The van der Waals surface area contributed by atoms with E-state index in [9.17, 15) is 14.4 Å². The minimum atomic E-state index is -0.325. The van der Waals surface area contributed by atoms with Crippen molar-refractivity contribution in [3.8, 4) is 0 Å². The van der Waals surface area contributed by atoms with E-state index in [0.29, 0.717) is 17.8 Å². The number of rotatable bonds is 6. The van der Waals surface area contributed by atoms with Gasteiger partial charge in [-0.05, 0) is 37.8 Å². The van der Waals surface area contributed by atoms with Crippen LogP contribution in [0.3, 0.4) is 0 Å². The lowest BCUT2D eigenvalue weighted by molar-refractivity contribution is -0.148. The maximum absolute atomic E-state index is 12.8. The zero-order valence-electron chi connectivity index (χ0n) is 16.6. The summed E-state index contributed by atoms with van der Waals surface area (Å²) in [5, 5.41) is 2.82. The Hall–Kier alpha value is -2.37. The standard InChI is InChI=1S/C22H30N2O4/c1-16-14-20(25)23-18-11-5-6-12-19(18)24(16)21(26)15-28-22(27)13-7-10-17-8-3-2-4-9-17/h5-6,11-12,16-17H,2-4,7-10,13-15H2,1H3,(H,23,25)/t16-/m1/s1. The molecule has 1 fully saturated rings. The third kappa shape index (κ3) is 5.33. The molecule has 1 aromatic rings. The van der Waals surface area contributed by atoms with Crippen LogP contribution in [0.15, 0.2) is 24.3 Å². The number of fused-ring (bicyclic) bond motifs is 1. The number of esters is 1. The van der Waals surface area contributed by atoms with Crippen molar-refractivity contribution in [2.45, 2.75) is 70.8 Å². The highest BCUT2D eigenvalue weighted by Gasteiger charge is 2.30. The second-order valence-corrected chi connectivity index (χ2v) is 7.94. The molecule has 1 aliphatic heterocycles. The zero-order valence-corrected chi connectivity index (χ0v) is 16.6. The number of anilines is 2. The Kier molecular flexibility index (Phi) is 7.06. The van der Waals surface area contributed by atoms with Gasteiger partial charge in [0.05, 0.1) is 11.4 Å². The van der Waals surface area contributed by atoms with Gasteiger partial charge in [-0.1, -0.05) is 44.2 Å². The summed E-state index contributed by atoms with van der Waals surface area (Å²) in [7, 11) is 0. The predicted molar refractivity (Wildman–Crippen MR) is 108 cm³/mol. The Morgan fingerprint density at radius 1 is 1.18 bits per heavy atom. The summed E-state index contributed by atoms with van der Waals surface area (Å²) in [5.41, 5.74) is 1.24. The number of carbonyl (C=O) groups is 3. The van der Waals surface area contributed by atoms with Gasteiger partial charge in [-0.15, -0.1) is 0 Å². The van der Waals surface area contributed by atoms with Crippen molar-refractivity contribution in [2.75, 3.05) is 16.8 Å². The number of nitrogens with one attached hydrogen (secondary N) is 1. The molecule has 0 radical (unpaired) electrons. The molecule has 1 heterocycles. The highest BCUT2D eigenvalue weighted by atomic mass is 16.5. The summed E-state index contributed by atoms with van der Waals surface area (Å²) < 4.78 is 5.24. The largest absolute Gasteiger partial charge is 0.456 e. The molecule has 0 bridgehead atoms. The van der Waals surface area contributed by atoms with Crippen LogP contribution in [-0.2, 0) is 19.1 Å². The first-order valence-electron chi connectivity index (χ1n) is 10.4. The smallest absolute Gasteiger partial charge is 0.306 e. The predicted octanol–water partition coefficient (Wildman–Crippen LogP) is 4.04.